The first kappa shape index (κ1) is 18.9. The van der Waals surface area contributed by atoms with E-state index in [1.54, 1.807) is 6.07 Å². The summed E-state index contributed by atoms with van der Waals surface area (Å²) in [6.45, 7) is 11.2. The lowest BCUT2D eigenvalue weighted by Gasteiger charge is -2.36. The van der Waals surface area contributed by atoms with Gasteiger partial charge in [-0.25, -0.2) is 4.98 Å². The topological polar surface area (TPSA) is 45.9 Å². The van der Waals surface area contributed by atoms with E-state index < -0.39 is 8.32 Å². The molecule has 1 fully saturated rings. The molecule has 3 rings (SSSR count). The van der Waals surface area contributed by atoms with Gasteiger partial charge in [-0.05, 0) is 65.7 Å². The summed E-state index contributed by atoms with van der Waals surface area (Å²) in [4.78, 5) is 4.18. The lowest BCUT2D eigenvalue weighted by molar-refractivity contribution is 0.492. The minimum absolute atomic E-state index is 0.155. The van der Waals surface area contributed by atoms with Crippen LogP contribution in [0.1, 0.15) is 55.8 Å². The van der Waals surface area contributed by atoms with E-state index in [9.17, 15) is 0 Å². The molecule has 2 unspecified atom stereocenters. The standard InChI is InChI=1S/C21H25ClN2OSi/c1-21(2,3)26(4,5)25-16-8-9-17(20(22)10-16)19-11-18(19)14-6-7-15(12-23)24-13-14/h6-10,13,18-19H,11H2,1-5H3. The second-order valence-electron chi connectivity index (χ2n) is 8.58. The van der Waals surface area contributed by atoms with E-state index >= 15 is 0 Å². The number of rotatable bonds is 4. The van der Waals surface area contributed by atoms with Gasteiger partial charge in [0.1, 0.15) is 17.5 Å². The molecule has 0 spiro atoms. The van der Waals surface area contributed by atoms with Gasteiger partial charge in [-0.1, -0.05) is 44.5 Å². The first-order valence-electron chi connectivity index (χ1n) is 8.97. The summed E-state index contributed by atoms with van der Waals surface area (Å²) in [5.74, 6) is 1.71. The van der Waals surface area contributed by atoms with Gasteiger partial charge in [0.15, 0.2) is 0 Å². The Morgan fingerprint density at radius 1 is 1.19 bits per heavy atom. The maximum atomic E-state index is 8.87. The number of pyridine rings is 1. The molecule has 0 aliphatic heterocycles. The van der Waals surface area contributed by atoms with Crippen molar-refractivity contribution in [2.45, 2.75) is 57.2 Å². The van der Waals surface area contributed by atoms with Crippen LogP contribution < -0.4 is 4.43 Å². The van der Waals surface area contributed by atoms with Gasteiger partial charge in [0.25, 0.3) is 0 Å². The Labute approximate surface area is 162 Å². The van der Waals surface area contributed by atoms with Gasteiger partial charge in [-0.3, -0.25) is 0 Å². The smallest absolute Gasteiger partial charge is 0.250 e. The molecule has 1 aliphatic carbocycles. The first-order chi connectivity index (χ1) is 12.1. The van der Waals surface area contributed by atoms with Gasteiger partial charge in [-0.15, -0.1) is 0 Å². The molecule has 1 aromatic carbocycles. The molecule has 1 heterocycles. The third kappa shape index (κ3) is 3.79. The molecule has 0 amide bonds. The number of halogens is 1. The molecule has 5 heteroatoms. The van der Waals surface area contributed by atoms with Gasteiger partial charge in [0.05, 0.1) is 0 Å². The Morgan fingerprint density at radius 3 is 2.46 bits per heavy atom. The van der Waals surface area contributed by atoms with Crippen molar-refractivity contribution in [3.8, 4) is 11.8 Å². The minimum atomic E-state index is -1.87. The van der Waals surface area contributed by atoms with Gasteiger partial charge in [0, 0.05) is 11.2 Å². The van der Waals surface area contributed by atoms with Crippen molar-refractivity contribution >= 4 is 19.9 Å². The molecule has 2 aromatic rings. The van der Waals surface area contributed by atoms with E-state index in [1.807, 2.05) is 24.4 Å². The largest absolute Gasteiger partial charge is 0.543 e. The van der Waals surface area contributed by atoms with Crippen molar-refractivity contribution in [1.29, 1.82) is 5.26 Å². The van der Waals surface area contributed by atoms with Gasteiger partial charge >= 0.3 is 0 Å². The number of benzene rings is 1. The van der Waals surface area contributed by atoms with E-state index in [1.165, 1.54) is 11.1 Å². The van der Waals surface area contributed by atoms with Crippen LogP contribution in [-0.4, -0.2) is 13.3 Å². The molecular weight excluding hydrogens is 360 g/mol. The molecule has 3 nitrogen and oxygen atoms in total. The summed E-state index contributed by atoms with van der Waals surface area (Å²) in [7, 11) is -1.87. The monoisotopic (exact) mass is 384 g/mol. The number of aromatic nitrogens is 1. The zero-order chi connectivity index (χ0) is 19.1. The van der Waals surface area contributed by atoms with E-state index in [4.69, 9.17) is 21.3 Å². The Morgan fingerprint density at radius 2 is 1.92 bits per heavy atom. The van der Waals surface area contributed by atoms with Crippen LogP contribution in [0.5, 0.6) is 5.75 Å². The SMILES string of the molecule is CC(C)(C)[Si](C)(C)Oc1ccc(C2CC2c2ccc(C#N)nc2)c(Cl)c1. The molecule has 2 atom stereocenters. The Balaban J connectivity index is 1.74. The summed E-state index contributed by atoms with van der Waals surface area (Å²) in [6.07, 6.45) is 2.88. The van der Waals surface area contributed by atoms with E-state index in [2.05, 4.69) is 51.0 Å². The normalized spacial score (nSPS) is 19.7. The fourth-order valence-corrected chi connectivity index (χ4v) is 4.25. The third-order valence-electron chi connectivity index (χ3n) is 5.67. The third-order valence-corrected chi connectivity index (χ3v) is 10.4. The second kappa shape index (κ2) is 6.72. The highest BCUT2D eigenvalue weighted by Gasteiger charge is 2.41. The van der Waals surface area contributed by atoms with Crippen molar-refractivity contribution in [3.63, 3.8) is 0 Å². The second-order valence-corrected chi connectivity index (χ2v) is 13.7. The average molecular weight is 385 g/mol. The summed E-state index contributed by atoms with van der Waals surface area (Å²) in [5, 5.41) is 9.80. The van der Waals surface area contributed by atoms with Crippen molar-refractivity contribution in [1.82, 2.24) is 4.98 Å². The molecule has 0 radical (unpaired) electrons. The summed E-state index contributed by atoms with van der Waals surface area (Å²) >= 11 is 6.58. The molecule has 0 bridgehead atoms. The highest BCUT2D eigenvalue weighted by Crippen LogP contribution is 2.56. The summed E-state index contributed by atoms with van der Waals surface area (Å²) < 4.78 is 6.35. The lowest BCUT2D eigenvalue weighted by Crippen LogP contribution is -2.43. The predicted octanol–water partition coefficient (Wildman–Crippen LogP) is 6.26. The maximum Gasteiger partial charge on any atom is 0.250 e. The molecule has 0 saturated heterocycles. The van der Waals surface area contributed by atoms with Crippen LogP contribution in [0.25, 0.3) is 0 Å². The van der Waals surface area contributed by atoms with Crippen LogP contribution in [0.2, 0.25) is 23.2 Å². The Kier molecular flexibility index (Phi) is 4.89. The molecular formula is C21H25ClN2OSi. The van der Waals surface area contributed by atoms with E-state index in [0.29, 0.717) is 17.5 Å². The van der Waals surface area contributed by atoms with Gasteiger partial charge in [-0.2, -0.15) is 5.26 Å². The zero-order valence-corrected chi connectivity index (χ0v) is 17.8. The molecule has 1 aliphatic rings. The molecule has 1 saturated carbocycles. The van der Waals surface area contributed by atoms with Crippen LogP contribution in [0.4, 0.5) is 0 Å². The van der Waals surface area contributed by atoms with Gasteiger partial charge in [0.2, 0.25) is 8.32 Å². The summed E-state index contributed by atoms with van der Waals surface area (Å²) in [6, 6.07) is 12.0. The van der Waals surface area contributed by atoms with Crippen LogP contribution in [0.15, 0.2) is 36.5 Å². The maximum absolute atomic E-state index is 8.87. The van der Waals surface area contributed by atoms with Crippen LogP contribution in [0.3, 0.4) is 0 Å². The Bertz CT molecular complexity index is 850. The van der Waals surface area contributed by atoms with Crippen LogP contribution in [0, 0.1) is 11.3 Å². The Hall–Kier alpha value is -1.83. The number of hydrogen-bond acceptors (Lipinski definition) is 3. The van der Waals surface area contributed by atoms with Crippen molar-refractivity contribution in [2.24, 2.45) is 0 Å². The minimum Gasteiger partial charge on any atom is -0.543 e. The van der Waals surface area contributed by atoms with Crippen LogP contribution in [-0.2, 0) is 0 Å². The van der Waals surface area contributed by atoms with Crippen LogP contribution >= 0.6 is 11.6 Å². The molecule has 0 N–H and O–H groups in total. The molecule has 1 aromatic heterocycles. The lowest BCUT2D eigenvalue weighted by atomic mass is 10.1. The van der Waals surface area contributed by atoms with E-state index in [-0.39, 0.29) is 5.04 Å². The number of nitriles is 1. The fraction of sp³-hybridized carbons (Fsp3) is 0.429. The van der Waals surface area contributed by atoms with Crippen molar-refractivity contribution in [3.05, 3.63) is 58.4 Å². The van der Waals surface area contributed by atoms with Crippen molar-refractivity contribution in [2.75, 3.05) is 0 Å². The number of hydrogen-bond donors (Lipinski definition) is 0. The predicted molar refractivity (Wildman–Crippen MR) is 108 cm³/mol. The highest BCUT2D eigenvalue weighted by molar-refractivity contribution is 6.74. The number of nitrogens with zero attached hydrogens (tertiary/aromatic N) is 2. The zero-order valence-electron chi connectivity index (χ0n) is 16.0. The quantitative estimate of drug-likeness (QED) is 0.584. The first-order valence-corrected chi connectivity index (χ1v) is 12.3. The average Bonchev–Trinajstić information content (AvgIpc) is 3.34. The van der Waals surface area contributed by atoms with Crippen molar-refractivity contribution < 1.29 is 4.43 Å². The van der Waals surface area contributed by atoms with E-state index in [0.717, 1.165) is 17.2 Å². The highest BCUT2D eigenvalue weighted by atomic mass is 35.5. The fourth-order valence-electron chi connectivity index (χ4n) is 2.92. The summed E-state index contributed by atoms with van der Waals surface area (Å²) in [5.41, 5.74) is 2.80. The molecule has 136 valence electrons. The molecule has 26 heavy (non-hydrogen) atoms. The van der Waals surface area contributed by atoms with Gasteiger partial charge < -0.3 is 4.43 Å².